The van der Waals surface area contributed by atoms with Crippen LogP contribution in [0.2, 0.25) is 0 Å². The molecule has 2 N–H and O–H groups in total. The first-order valence-electron chi connectivity index (χ1n) is 10.6. The van der Waals surface area contributed by atoms with Crippen LogP contribution in [0.4, 0.5) is 11.4 Å². The van der Waals surface area contributed by atoms with Crippen molar-refractivity contribution in [2.24, 2.45) is 0 Å². The van der Waals surface area contributed by atoms with Gasteiger partial charge in [-0.05, 0) is 67.6 Å². The first kappa shape index (κ1) is 24.2. The highest BCUT2D eigenvalue weighted by Crippen LogP contribution is 2.22. The number of esters is 1. The van der Waals surface area contributed by atoms with E-state index in [0.29, 0.717) is 28.4 Å². The molecule has 0 aliphatic carbocycles. The molecular formula is C26H24N2O6. The van der Waals surface area contributed by atoms with Gasteiger partial charge in [-0.3, -0.25) is 19.2 Å². The largest absolute Gasteiger partial charge is 0.457 e. The van der Waals surface area contributed by atoms with E-state index in [2.05, 4.69) is 10.6 Å². The average molecular weight is 460 g/mol. The van der Waals surface area contributed by atoms with Gasteiger partial charge in [-0.15, -0.1) is 0 Å². The van der Waals surface area contributed by atoms with Gasteiger partial charge in [-0.2, -0.15) is 0 Å². The molecule has 2 amide bonds. The molecule has 0 atom stereocenters. The van der Waals surface area contributed by atoms with Crippen molar-refractivity contribution in [2.45, 2.75) is 19.8 Å². The van der Waals surface area contributed by atoms with Crippen LogP contribution in [0.15, 0.2) is 78.9 Å². The maximum Gasteiger partial charge on any atom is 0.306 e. The predicted molar refractivity (Wildman–Crippen MR) is 127 cm³/mol. The minimum atomic E-state index is -0.663. The number of carbonyl (C=O) groups is 4. The molecule has 0 saturated carbocycles. The number of anilines is 2. The molecule has 0 aliphatic rings. The molecule has 0 aromatic heterocycles. The highest BCUT2D eigenvalue weighted by atomic mass is 16.5. The Balaban J connectivity index is 1.35. The van der Waals surface area contributed by atoms with E-state index in [9.17, 15) is 19.2 Å². The van der Waals surface area contributed by atoms with Gasteiger partial charge in [-0.25, -0.2) is 0 Å². The summed E-state index contributed by atoms with van der Waals surface area (Å²) in [4.78, 5) is 47.1. The van der Waals surface area contributed by atoms with Crippen molar-refractivity contribution >= 4 is 34.9 Å². The number of ether oxygens (including phenoxy) is 2. The summed E-state index contributed by atoms with van der Waals surface area (Å²) in [6.45, 7) is 0.993. The van der Waals surface area contributed by atoms with E-state index >= 15 is 0 Å². The van der Waals surface area contributed by atoms with Crippen LogP contribution < -0.4 is 15.4 Å². The number of hydrogen-bond acceptors (Lipinski definition) is 6. The Labute approximate surface area is 196 Å². The van der Waals surface area contributed by atoms with Crippen LogP contribution in [0.5, 0.6) is 11.5 Å². The maximum atomic E-state index is 12.0. The molecule has 3 aromatic carbocycles. The second-order valence-electron chi connectivity index (χ2n) is 7.33. The van der Waals surface area contributed by atoms with Gasteiger partial charge < -0.3 is 20.1 Å². The van der Waals surface area contributed by atoms with Crippen molar-refractivity contribution in [3.05, 3.63) is 84.4 Å². The fraction of sp³-hybridized carbons (Fsp3) is 0.154. The van der Waals surface area contributed by atoms with Gasteiger partial charge >= 0.3 is 5.97 Å². The standard InChI is InChI=1S/C26H24N2O6/c1-18(29)19-7-9-20(10-8-19)27-24(30)15-16-26(32)33-17-25(31)28-21-11-13-23(14-12-21)34-22-5-3-2-4-6-22/h2-14H,15-17H2,1H3,(H,27,30)(H,28,31). The lowest BCUT2D eigenvalue weighted by atomic mass is 10.1. The zero-order valence-corrected chi connectivity index (χ0v) is 18.6. The summed E-state index contributed by atoms with van der Waals surface area (Å²) < 4.78 is 10.6. The molecule has 8 heteroatoms. The summed E-state index contributed by atoms with van der Waals surface area (Å²) in [7, 11) is 0. The molecule has 34 heavy (non-hydrogen) atoms. The molecule has 0 fully saturated rings. The molecule has 0 heterocycles. The Bertz CT molecular complexity index is 1140. The molecule has 174 valence electrons. The van der Waals surface area contributed by atoms with E-state index in [1.54, 1.807) is 48.5 Å². The molecule has 0 saturated heterocycles. The van der Waals surface area contributed by atoms with Crippen molar-refractivity contribution in [1.82, 2.24) is 0 Å². The zero-order chi connectivity index (χ0) is 24.3. The topological polar surface area (TPSA) is 111 Å². The van der Waals surface area contributed by atoms with Crippen LogP contribution in [0.25, 0.3) is 0 Å². The molecular weight excluding hydrogens is 436 g/mol. The zero-order valence-electron chi connectivity index (χ0n) is 18.6. The van der Waals surface area contributed by atoms with Gasteiger partial charge in [0, 0.05) is 23.4 Å². The van der Waals surface area contributed by atoms with Gasteiger partial charge in [0.2, 0.25) is 5.91 Å². The first-order chi connectivity index (χ1) is 16.4. The van der Waals surface area contributed by atoms with E-state index < -0.39 is 18.5 Å². The third kappa shape index (κ3) is 7.90. The van der Waals surface area contributed by atoms with E-state index in [1.807, 2.05) is 30.3 Å². The Morgan fingerprint density at radius 1 is 0.676 bits per heavy atom. The Hall–Kier alpha value is -4.46. The number of rotatable bonds is 10. The van der Waals surface area contributed by atoms with Gasteiger partial charge in [0.25, 0.3) is 5.91 Å². The SMILES string of the molecule is CC(=O)c1ccc(NC(=O)CCC(=O)OCC(=O)Nc2ccc(Oc3ccccc3)cc2)cc1. The summed E-state index contributed by atoms with van der Waals surface area (Å²) in [6.07, 6.45) is -0.270. The Morgan fingerprint density at radius 2 is 1.24 bits per heavy atom. The van der Waals surface area contributed by atoms with Crippen molar-refractivity contribution in [3.8, 4) is 11.5 Å². The number of amides is 2. The van der Waals surface area contributed by atoms with Crippen molar-refractivity contribution in [1.29, 1.82) is 0 Å². The van der Waals surface area contributed by atoms with Crippen molar-refractivity contribution in [2.75, 3.05) is 17.2 Å². The average Bonchev–Trinajstić information content (AvgIpc) is 2.83. The number of nitrogens with one attached hydrogen (secondary N) is 2. The molecule has 0 spiro atoms. The van der Waals surface area contributed by atoms with Crippen LogP contribution in [-0.4, -0.2) is 30.2 Å². The van der Waals surface area contributed by atoms with E-state index in [4.69, 9.17) is 9.47 Å². The monoisotopic (exact) mass is 460 g/mol. The molecule has 8 nitrogen and oxygen atoms in total. The fourth-order valence-electron chi connectivity index (χ4n) is 2.87. The van der Waals surface area contributed by atoms with E-state index in [-0.39, 0.29) is 24.5 Å². The van der Waals surface area contributed by atoms with Gasteiger partial charge in [0.1, 0.15) is 11.5 Å². The van der Waals surface area contributed by atoms with Crippen LogP contribution in [0.3, 0.4) is 0 Å². The summed E-state index contributed by atoms with van der Waals surface area (Å²) in [6, 6.07) is 22.5. The van der Waals surface area contributed by atoms with Gasteiger partial charge in [0.15, 0.2) is 12.4 Å². The third-order valence-electron chi connectivity index (χ3n) is 4.61. The summed E-state index contributed by atoms with van der Waals surface area (Å²) in [5.41, 5.74) is 1.58. The molecule has 3 rings (SSSR count). The van der Waals surface area contributed by atoms with Crippen molar-refractivity contribution < 1.29 is 28.7 Å². The van der Waals surface area contributed by atoms with Gasteiger partial charge in [-0.1, -0.05) is 18.2 Å². The second kappa shape index (κ2) is 12.0. The number of carbonyl (C=O) groups excluding carboxylic acids is 4. The minimum Gasteiger partial charge on any atom is -0.457 e. The quantitative estimate of drug-likeness (QED) is 0.338. The molecule has 0 unspecified atom stereocenters. The Kier molecular flexibility index (Phi) is 8.51. The maximum absolute atomic E-state index is 12.0. The Morgan fingerprint density at radius 3 is 1.85 bits per heavy atom. The lowest BCUT2D eigenvalue weighted by Crippen LogP contribution is -2.21. The molecule has 0 radical (unpaired) electrons. The number of Topliss-reactive ketones (excluding diaryl/α,β-unsaturated/α-hetero) is 1. The molecule has 3 aromatic rings. The fourth-order valence-corrected chi connectivity index (χ4v) is 2.87. The lowest BCUT2D eigenvalue weighted by Gasteiger charge is -2.09. The highest BCUT2D eigenvalue weighted by molar-refractivity contribution is 5.96. The number of hydrogen-bond donors (Lipinski definition) is 2. The number of ketones is 1. The number of benzene rings is 3. The first-order valence-corrected chi connectivity index (χ1v) is 10.6. The summed E-state index contributed by atoms with van der Waals surface area (Å²) in [5, 5.41) is 5.26. The van der Waals surface area contributed by atoms with Gasteiger partial charge in [0.05, 0.1) is 6.42 Å². The summed E-state index contributed by atoms with van der Waals surface area (Å²) >= 11 is 0. The highest BCUT2D eigenvalue weighted by Gasteiger charge is 2.11. The van der Waals surface area contributed by atoms with Crippen LogP contribution >= 0.6 is 0 Å². The molecule has 0 bridgehead atoms. The third-order valence-corrected chi connectivity index (χ3v) is 4.61. The van der Waals surface area contributed by atoms with E-state index in [1.165, 1.54) is 6.92 Å². The van der Waals surface area contributed by atoms with Crippen LogP contribution in [0, 0.1) is 0 Å². The number of para-hydroxylation sites is 1. The molecule has 0 aliphatic heterocycles. The lowest BCUT2D eigenvalue weighted by molar-refractivity contribution is -0.147. The van der Waals surface area contributed by atoms with Crippen molar-refractivity contribution in [3.63, 3.8) is 0 Å². The predicted octanol–water partition coefficient (Wildman–Crippen LogP) is 4.58. The second-order valence-corrected chi connectivity index (χ2v) is 7.33. The van der Waals surface area contributed by atoms with Crippen LogP contribution in [0.1, 0.15) is 30.1 Å². The normalized spacial score (nSPS) is 10.1. The van der Waals surface area contributed by atoms with E-state index in [0.717, 1.165) is 0 Å². The smallest absolute Gasteiger partial charge is 0.306 e. The summed E-state index contributed by atoms with van der Waals surface area (Å²) in [5.74, 6) is -0.299. The van der Waals surface area contributed by atoms with Crippen LogP contribution in [-0.2, 0) is 19.1 Å². The minimum absolute atomic E-state index is 0.0706.